The molecule has 0 saturated heterocycles. The van der Waals surface area contributed by atoms with Crippen molar-refractivity contribution in [1.29, 1.82) is 0 Å². The molecule has 0 aliphatic heterocycles. The lowest BCUT2D eigenvalue weighted by atomic mass is 10.1. The van der Waals surface area contributed by atoms with Crippen LogP contribution in [0.5, 0.6) is 5.75 Å². The van der Waals surface area contributed by atoms with Gasteiger partial charge >= 0.3 is 5.97 Å². The van der Waals surface area contributed by atoms with Gasteiger partial charge in [-0.25, -0.2) is 4.79 Å². The zero-order valence-electron chi connectivity index (χ0n) is 14.3. The van der Waals surface area contributed by atoms with E-state index in [1.165, 1.54) is 6.08 Å². The fourth-order valence-electron chi connectivity index (χ4n) is 2.18. The smallest absolute Gasteiger partial charge is 0.331 e. The van der Waals surface area contributed by atoms with Crippen LogP contribution in [0.2, 0.25) is 0 Å². The van der Waals surface area contributed by atoms with Crippen LogP contribution in [0, 0.1) is 6.92 Å². The van der Waals surface area contributed by atoms with Gasteiger partial charge in [0.15, 0.2) is 6.61 Å². The number of nitrogens with one attached hydrogen (secondary N) is 1. The van der Waals surface area contributed by atoms with E-state index in [4.69, 9.17) is 9.47 Å². The molecule has 132 valence electrons. The van der Waals surface area contributed by atoms with Crippen molar-refractivity contribution in [3.05, 3.63) is 57.8 Å². The van der Waals surface area contributed by atoms with E-state index in [-0.39, 0.29) is 12.5 Å². The van der Waals surface area contributed by atoms with Crippen LogP contribution in [0.3, 0.4) is 0 Å². The Kier molecular flexibility index (Phi) is 7.22. The first-order chi connectivity index (χ1) is 12.1. The SMILES string of the molecule is COc1ccccc1CCNC(=O)COC(=O)/C=C/c1sccc1C. The van der Waals surface area contributed by atoms with Gasteiger partial charge in [-0.3, -0.25) is 4.79 Å². The summed E-state index contributed by atoms with van der Waals surface area (Å²) in [5.74, 6) is -0.0752. The normalized spacial score (nSPS) is 10.6. The van der Waals surface area contributed by atoms with Crippen LogP contribution in [0.4, 0.5) is 0 Å². The van der Waals surface area contributed by atoms with Crippen LogP contribution in [0.15, 0.2) is 41.8 Å². The van der Waals surface area contributed by atoms with Crippen LogP contribution in [0.1, 0.15) is 16.0 Å². The highest BCUT2D eigenvalue weighted by molar-refractivity contribution is 7.11. The maximum Gasteiger partial charge on any atom is 0.331 e. The number of aryl methyl sites for hydroxylation is 1. The highest BCUT2D eigenvalue weighted by atomic mass is 32.1. The van der Waals surface area contributed by atoms with Crippen LogP contribution in [0.25, 0.3) is 6.08 Å². The molecule has 1 aromatic carbocycles. The second-order valence-electron chi connectivity index (χ2n) is 5.32. The zero-order chi connectivity index (χ0) is 18.1. The molecule has 1 heterocycles. The van der Waals surface area contributed by atoms with E-state index in [1.54, 1.807) is 24.5 Å². The highest BCUT2D eigenvalue weighted by Crippen LogP contribution is 2.17. The number of carbonyl (C=O) groups is 2. The average Bonchev–Trinajstić information content (AvgIpc) is 3.03. The standard InChI is InChI=1S/C19H21NO4S/c1-14-10-12-25-17(14)7-8-19(22)24-13-18(21)20-11-9-15-5-3-4-6-16(15)23-2/h3-8,10,12H,9,11,13H2,1-2H3,(H,20,21)/b8-7+. The molecule has 25 heavy (non-hydrogen) atoms. The van der Waals surface area contributed by atoms with Gasteiger partial charge in [-0.15, -0.1) is 11.3 Å². The predicted octanol–water partition coefficient (Wildman–Crippen LogP) is 2.98. The molecule has 0 aliphatic rings. The van der Waals surface area contributed by atoms with Gasteiger partial charge in [0.1, 0.15) is 5.75 Å². The summed E-state index contributed by atoms with van der Waals surface area (Å²) in [4.78, 5) is 24.4. The Balaban J connectivity index is 1.69. The number of carbonyl (C=O) groups excluding carboxylic acids is 2. The molecule has 2 rings (SSSR count). The molecule has 0 radical (unpaired) electrons. The monoisotopic (exact) mass is 359 g/mol. The topological polar surface area (TPSA) is 64.6 Å². The summed E-state index contributed by atoms with van der Waals surface area (Å²) < 4.78 is 10.2. The van der Waals surface area contributed by atoms with Crippen molar-refractivity contribution in [2.45, 2.75) is 13.3 Å². The first-order valence-electron chi connectivity index (χ1n) is 7.87. The molecule has 0 saturated carbocycles. The van der Waals surface area contributed by atoms with E-state index in [2.05, 4.69) is 5.32 Å². The molecule has 0 spiro atoms. The minimum absolute atomic E-state index is 0.293. The quantitative estimate of drug-likeness (QED) is 0.581. The van der Waals surface area contributed by atoms with Gasteiger partial charge in [-0.1, -0.05) is 18.2 Å². The van der Waals surface area contributed by atoms with E-state index >= 15 is 0 Å². The van der Waals surface area contributed by atoms with E-state index < -0.39 is 5.97 Å². The van der Waals surface area contributed by atoms with Gasteiger partial charge < -0.3 is 14.8 Å². The van der Waals surface area contributed by atoms with Crippen molar-refractivity contribution in [1.82, 2.24) is 5.32 Å². The van der Waals surface area contributed by atoms with E-state index in [9.17, 15) is 9.59 Å². The van der Waals surface area contributed by atoms with Crippen LogP contribution < -0.4 is 10.1 Å². The van der Waals surface area contributed by atoms with E-state index in [0.29, 0.717) is 13.0 Å². The van der Waals surface area contributed by atoms with Crippen LogP contribution in [-0.4, -0.2) is 32.1 Å². The molecule has 0 atom stereocenters. The summed E-state index contributed by atoms with van der Waals surface area (Å²) in [6.45, 7) is 2.12. The van der Waals surface area contributed by atoms with Gasteiger partial charge in [0, 0.05) is 17.5 Å². The van der Waals surface area contributed by atoms with E-state index in [0.717, 1.165) is 21.8 Å². The molecule has 0 fully saturated rings. The average molecular weight is 359 g/mol. The molecule has 1 N–H and O–H groups in total. The fourth-order valence-corrected chi connectivity index (χ4v) is 3.00. The molecule has 1 amide bonds. The van der Waals surface area contributed by atoms with Crippen molar-refractivity contribution in [3.8, 4) is 5.75 Å². The summed E-state index contributed by atoms with van der Waals surface area (Å²) in [6.07, 6.45) is 3.67. The van der Waals surface area contributed by atoms with Crippen molar-refractivity contribution >= 4 is 29.3 Å². The molecule has 0 aliphatic carbocycles. The minimum Gasteiger partial charge on any atom is -0.496 e. The second-order valence-corrected chi connectivity index (χ2v) is 6.27. The first kappa shape index (κ1) is 18.7. The van der Waals surface area contributed by atoms with Gasteiger partial charge in [0.2, 0.25) is 0 Å². The zero-order valence-corrected chi connectivity index (χ0v) is 15.1. The second kappa shape index (κ2) is 9.64. The fraction of sp³-hybridized carbons (Fsp3) is 0.263. The number of amides is 1. The summed E-state index contributed by atoms with van der Waals surface area (Å²) in [7, 11) is 1.61. The van der Waals surface area contributed by atoms with Crippen LogP contribution in [-0.2, 0) is 20.7 Å². The lowest BCUT2D eigenvalue weighted by Gasteiger charge is -2.09. The van der Waals surface area contributed by atoms with Gasteiger partial charge in [-0.2, -0.15) is 0 Å². The van der Waals surface area contributed by atoms with Crippen molar-refractivity contribution in [2.75, 3.05) is 20.3 Å². The van der Waals surface area contributed by atoms with Crippen molar-refractivity contribution in [2.24, 2.45) is 0 Å². The Bertz CT molecular complexity index is 751. The molecular formula is C19H21NO4S. The Labute approximate surface area is 151 Å². The Hall–Kier alpha value is -2.60. The van der Waals surface area contributed by atoms with Crippen molar-refractivity contribution < 1.29 is 19.1 Å². The maximum absolute atomic E-state index is 11.7. The number of methoxy groups -OCH3 is 1. The number of rotatable bonds is 8. The predicted molar refractivity (Wildman–Crippen MR) is 98.8 cm³/mol. The number of hydrogen-bond acceptors (Lipinski definition) is 5. The van der Waals surface area contributed by atoms with E-state index in [1.807, 2.05) is 42.6 Å². The molecule has 0 bridgehead atoms. The highest BCUT2D eigenvalue weighted by Gasteiger charge is 2.06. The summed E-state index contributed by atoms with van der Waals surface area (Å²) >= 11 is 1.54. The minimum atomic E-state index is -0.535. The summed E-state index contributed by atoms with van der Waals surface area (Å²) in [5.41, 5.74) is 2.11. The van der Waals surface area contributed by atoms with Crippen molar-refractivity contribution in [3.63, 3.8) is 0 Å². The number of ether oxygens (including phenoxy) is 2. The third kappa shape index (κ3) is 6.08. The molecule has 5 nitrogen and oxygen atoms in total. The first-order valence-corrected chi connectivity index (χ1v) is 8.75. The van der Waals surface area contributed by atoms with Gasteiger partial charge in [0.05, 0.1) is 7.11 Å². The molecule has 6 heteroatoms. The lowest BCUT2D eigenvalue weighted by Crippen LogP contribution is -2.30. The maximum atomic E-state index is 11.7. The molecule has 0 unspecified atom stereocenters. The Morgan fingerprint density at radius 2 is 2.04 bits per heavy atom. The number of esters is 1. The molecule has 2 aromatic rings. The van der Waals surface area contributed by atoms with Gasteiger partial charge in [-0.05, 0) is 48.1 Å². The Morgan fingerprint density at radius 3 is 2.76 bits per heavy atom. The Morgan fingerprint density at radius 1 is 1.24 bits per heavy atom. The third-order valence-corrected chi connectivity index (χ3v) is 4.51. The molecule has 1 aromatic heterocycles. The largest absolute Gasteiger partial charge is 0.496 e. The molecular weight excluding hydrogens is 338 g/mol. The summed E-state index contributed by atoms with van der Waals surface area (Å²) in [5, 5.41) is 4.68. The van der Waals surface area contributed by atoms with Crippen LogP contribution >= 0.6 is 11.3 Å². The number of thiophene rings is 1. The number of benzene rings is 1. The number of para-hydroxylation sites is 1. The summed E-state index contributed by atoms with van der Waals surface area (Å²) in [6, 6.07) is 9.61. The lowest BCUT2D eigenvalue weighted by molar-refractivity contribution is -0.143. The third-order valence-electron chi connectivity index (χ3n) is 3.53. The number of hydrogen-bond donors (Lipinski definition) is 1. The van der Waals surface area contributed by atoms with Gasteiger partial charge in [0.25, 0.3) is 5.91 Å².